The summed E-state index contributed by atoms with van der Waals surface area (Å²) in [6.07, 6.45) is 6.19. The largest absolute Gasteiger partial charge is 0.502 e. The number of aromatic hydroxyl groups is 1. The fourth-order valence-electron chi connectivity index (χ4n) is 5.24. The molecule has 4 heterocycles. The monoisotopic (exact) mass is 487 g/mol. The van der Waals surface area contributed by atoms with Gasteiger partial charge in [0.2, 0.25) is 5.43 Å². The van der Waals surface area contributed by atoms with Crippen LogP contribution in [0, 0.1) is 0 Å². The predicted octanol–water partition coefficient (Wildman–Crippen LogP) is 4.03. The number of ether oxygens (including phenoxy) is 1. The minimum Gasteiger partial charge on any atom is -0.502 e. The van der Waals surface area contributed by atoms with Gasteiger partial charge in [-0.05, 0) is 35.8 Å². The number of aromatic nitrogens is 1. The Kier molecular flexibility index (Phi) is 5.33. The zero-order valence-electron chi connectivity index (χ0n) is 19.3. The number of benzene rings is 2. The van der Waals surface area contributed by atoms with Crippen LogP contribution in [-0.2, 0) is 5.75 Å². The maximum Gasteiger partial charge on any atom is 0.278 e. The molecule has 2 bridgehead atoms. The van der Waals surface area contributed by atoms with E-state index in [1.54, 1.807) is 27.5 Å². The smallest absolute Gasteiger partial charge is 0.278 e. The molecule has 0 aliphatic carbocycles. The Morgan fingerprint density at radius 3 is 2.83 bits per heavy atom. The molecule has 35 heavy (non-hydrogen) atoms. The van der Waals surface area contributed by atoms with Crippen molar-refractivity contribution in [2.24, 2.45) is 0 Å². The van der Waals surface area contributed by atoms with Crippen molar-refractivity contribution < 1.29 is 14.6 Å². The molecule has 3 aliphatic heterocycles. The number of thioether (sulfide) groups is 1. The van der Waals surface area contributed by atoms with E-state index in [1.165, 1.54) is 6.07 Å². The summed E-state index contributed by atoms with van der Waals surface area (Å²) in [6, 6.07) is 15.2. The van der Waals surface area contributed by atoms with Gasteiger partial charge in [0.05, 0.1) is 6.04 Å². The van der Waals surface area contributed by atoms with Gasteiger partial charge < -0.3 is 14.7 Å². The van der Waals surface area contributed by atoms with Crippen LogP contribution in [-0.4, -0.2) is 39.9 Å². The van der Waals surface area contributed by atoms with E-state index in [9.17, 15) is 14.7 Å². The molecule has 2 aromatic carbocycles. The first-order valence-corrected chi connectivity index (χ1v) is 12.7. The van der Waals surface area contributed by atoms with Crippen LogP contribution in [0.2, 0.25) is 0 Å². The van der Waals surface area contributed by atoms with Crippen molar-refractivity contribution in [2.75, 3.05) is 18.3 Å². The third-order valence-corrected chi connectivity index (χ3v) is 8.07. The summed E-state index contributed by atoms with van der Waals surface area (Å²) in [5.41, 5.74) is 2.70. The quantitative estimate of drug-likeness (QED) is 0.523. The molecular formula is C27H25N3O4S. The van der Waals surface area contributed by atoms with Crippen molar-refractivity contribution in [1.29, 1.82) is 0 Å². The highest BCUT2D eigenvalue weighted by atomic mass is 32.2. The molecule has 0 saturated heterocycles. The lowest BCUT2D eigenvalue weighted by Crippen LogP contribution is -2.57. The molecule has 2 unspecified atom stereocenters. The Morgan fingerprint density at radius 2 is 1.97 bits per heavy atom. The molecule has 178 valence electrons. The van der Waals surface area contributed by atoms with Gasteiger partial charge in [0.1, 0.15) is 25.1 Å². The lowest BCUT2D eigenvalue weighted by atomic mass is 9.93. The second-order valence-corrected chi connectivity index (χ2v) is 9.87. The lowest BCUT2D eigenvalue weighted by Gasteiger charge is -2.46. The summed E-state index contributed by atoms with van der Waals surface area (Å²) in [5, 5.41) is 12.9. The minimum absolute atomic E-state index is 0.0100. The highest BCUT2D eigenvalue weighted by Crippen LogP contribution is 2.46. The zero-order valence-corrected chi connectivity index (χ0v) is 20.1. The van der Waals surface area contributed by atoms with Crippen LogP contribution in [0.5, 0.6) is 11.5 Å². The van der Waals surface area contributed by atoms with Gasteiger partial charge in [0, 0.05) is 28.5 Å². The zero-order chi connectivity index (χ0) is 24.1. The normalized spacial score (nSPS) is 21.6. The maximum atomic E-state index is 13.7. The standard InChI is InChI=1S/C27H25N3O4S/c1-2-18-8-6-14-34-21-10-5-7-17-15-35-22-11-4-3-9-19(22)24(23(17)21)30-16-28(18)27(33)25-26(32)20(31)12-13-29(25)30/h3-13,18,24,32H,2,14-16H2,1H3/b8-6+. The molecule has 0 fully saturated rings. The predicted molar refractivity (Wildman–Crippen MR) is 135 cm³/mol. The topological polar surface area (TPSA) is 75.0 Å². The van der Waals surface area contributed by atoms with Crippen molar-refractivity contribution in [3.05, 3.63) is 99.5 Å². The number of amides is 1. The van der Waals surface area contributed by atoms with Crippen molar-refractivity contribution >= 4 is 17.7 Å². The maximum absolute atomic E-state index is 13.7. The van der Waals surface area contributed by atoms with E-state index in [-0.39, 0.29) is 30.4 Å². The van der Waals surface area contributed by atoms with Gasteiger partial charge in [-0.25, -0.2) is 0 Å². The van der Waals surface area contributed by atoms with Gasteiger partial charge in [-0.15, -0.1) is 11.8 Å². The van der Waals surface area contributed by atoms with Crippen molar-refractivity contribution in [3.8, 4) is 11.5 Å². The summed E-state index contributed by atoms with van der Waals surface area (Å²) in [4.78, 5) is 29.0. The third-order valence-electron chi connectivity index (χ3n) is 6.93. The molecule has 0 spiro atoms. The fourth-order valence-corrected chi connectivity index (χ4v) is 6.32. The fraction of sp³-hybridized carbons (Fsp3) is 0.259. The first-order chi connectivity index (χ1) is 17.1. The SMILES string of the molecule is CCC1/C=C/COc2cccc3c2C(c2ccccc2SC3)N2CN1C(=O)c1c(O)c(=O)ccn12. The molecule has 1 N–H and O–H groups in total. The van der Waals surface area contributed by atoms with E-state index in [0.29, 0.717) is 13.0 Å². The van der Waals surface area contributed by atoms with Gasteiger partial charge in [0.15, 0.2) is 11.4 Å². The number of fused-ring (bicyclic) bond motifs is 7. The van der Waals surface area contributed by atoms with Crippen molar-refractivity contribution in [1.82, 2.24) is 9.58 Å². The van der Waals surface area contributed by atoms with Gasteiger partial charge in [0.25, 0.3) is 5.91 Å². The number of rotatable bonds is 1. The van der Waals surface area contributed by atoms with Crippen LogP contribution in [0.3, 0.4) is 0 Å². The summed E-state index contributed by atoms with van der Waals surface area (Å²) in [5.74, 6) is 0.686. The van der Waals surface area contributed by atoms with Crippen molar-refractivity contribution in [2.45, 2.75) is 36.1 Å². The number of pyridine rings is 1. The molecule has 6 rings (SSSR count). The van der Waals surface area contributed by atoms with Crippen LogP contribution >= 0.6 is 11.8 Å². The Bertz CT molecular complexity index is 1420. The molecule has 0 radical (unpaired) electrons. The first-order valence-electron chi connectivity index (χ1n) is 11.7. The number of nitrogens with zero attached hydrogens (tertiary/aromatic N) is 3. The second kappa shape index (κ2) is 8.53. The van der Waals surface area contributed by atoms with E-state index in [4.69, 9.17) is 4.74 Å². The van der Waals surface area contributed by atoms with Crippen LogP contribution in [0.15, 0.2) is 76.6 Å². The molecular weight excluding hydrogens is 462 g/mol. The summed E-state index contributed by atoms with van der Waals surface area (Å²) >= 11 is 1.77. The average molecular weight is 488 g/mol. The van der Waals surface area contributed by atoms with E-state index < -0.39 is 11.2 Å². The highest BCUT2D eigenvalue weighted by molar-refractivity contribution is 7.98. The van der Waals surface area contributed by atoms with Gasteiger partial charge in [-0.2, -0.15) is 0 Å². The van der Waals surface area contributed by atoms with E-state index in [2.05, 4.69) is 23.2 Å². The van der Waals surface area contributed by atoms with Crippen LogP contribution in [0.4, 0.5) is 0 Å². The van der Waals surface area contributed by atoms with Gasteiger partial charge in [-0.1, -0.05) is 43.3 Å². The summed E-state index contributed by atoms with van der Waals surface area (Å²) in [6.45, 7) is 2.69. The molecule has 8 heteroatoms. The van der Waals surface area contributed by atoms with Crippen LogP contribution in [0.25, 0.3) is 0 Å². The number of hydrogen-bond donors (Lipinski definition) is 1. The van der Waals surface area contributed by atoms with Crippen LogP contribution in [0.1, 0.15) is 46.6 Å². The number of hydrogen-bond acceptors (Lipinski definition) is 6. The summed E-state index contributed by atoms with van der Waals surface area (Å²) in [7, 11) is 0. The molecule has 3 aromatic rings. The minimum atomic E-state index is -0.569. The molecule has 7 nitrogen and oxygen atoms in total. The Labute approximate surface area is 207 Å². The first kappa shape index (κ1) is 21.9. The number of carbonyl (C=O) groups is 1. The Balaban J connectivity index is 1.69. The Morgan fingerprint density at radius 1 is 1.11 bits per heavy atom. The number of carbonyl (C=O) groups excluding carboxylic acids is 1. The van der Waals surface area contributed by atoms with Crippen LogP contribution < -0.4 is 15.2 Å². The third kappa shape index (κ3) is 3.43. The van der Waals surface area contributed by atoms with Crippen molar-refractivity contribution in [3.63, 3.8) is 0 Å². The molecule has 0 saturated carbocycles. The molecule has 2 atom stereocenters. The van der Waals surface area contributed by atoms with Gasteiger partial charge >= 0.3 is 0 Å². The van der Waals surface area contributed by atoms with E-state index >= 15 is 0 Å². The lowest BCUT2D eigenvalue weighted by molar-refractivity contribution is 0.0625. The summed E-state index contributed by atoms with van der Waals surface area (Å²) < 4.78 is 7.96. The van der Waals surface area contributed by atoms with E-state index in [1.807, 2.05) is 43.3 Å². The second-order valence-electron chi connectivity index (χ2n) is 8.85. The molecule has 1 aromatic heterocycles. The average Bonchev–Trinajstić information content (AvgIpc) is 3.05. The highest BCUT2D eigenvalue weighted by Gasteiger charge is 2.41. The molecule has 1 amide bonds. The molecule has 3 aliphatic rings. The van der Waals surface area contributed by atoms with Gasteiger partial charge in [-0.3, -0.25) is 19.3 Å². The Hall–Kier alpha value is -3.65. The van der Waals surface area contributed by atoms with E-state index in [0.717, 1.165) is 33.1 Å².